The van der Waals surface area contributed by atoms with Gasteiger partial charge in [0.2, 0.25) is 5.91 Å². The van der Waals surface area contributed by atoms with Crippen LogP contribution in [0.5, 0.6) is 17.2 Å². The van der Waals surface area contributed by atoms with E-state index < -0.39 is 0 Å². The van der Waals surface area contributed by atoms with Gasteiger partial charge in [-0.25, -0.2) is 9.97 Å². The molecule has 0 bridgehead atoms. The standard InChI is InChI=1S/C15H17N3O4/c1-20-11-4-3-5-12(8-11)22-7-6-14(19)18-15-13(21-2)9-16-10-17-15/h3-5,8-10H,6-7H2,1-2H3,(H,16,17,18,19). The summed E-state index contributed by atoms with van der Waals surface area (Å²) < 4.78 is 15.7. The molecule has 0 atom stereocenters. The van der Waals surface area contributed by atoms with Gasteiger partial charge in [0.15, 0.2) is 11.6 Å². The van der Waals surface area contributed by atoms with Crippen molar-refractivity contribution in [2.75, 3.05) is 26.1 Å². The molecule has 1 heterocycles. The fourth-order valence-electron chi connectivity index (χ4n) is 1.71. The third-order valence-corrected chi connectivity index (χ3v) is 2.80. The molecule has 1 aromatic heterocycles. The van der Waals surface area contributed by atoms with Crippen molar-refractivity contribution in [1.29, 1.82) is 0 Å². The number of benzene rings is 1. The van der Waals surface area contributed by atoms with Crippen LogP contribution in [0, 0.1) is 0 Å². The molecule has 1 N–H and O–H groups in total. The lowest BCUT2D eigenvalue weighted by Gasteiger charge is -2.09. The summed E-state index contributed by atoms with van der Waals surface area (Å²) in [7, 11) is 3.07. The average Bonchev–Trinajstić information content (AvgIpc) is 2.55. The highest BCUT2D eigenvalue weighted by molar-refractivity contribution is 5.91. The number of hydrogen-bond acceptors (Lipinski definition) is 6. The minimum atomic E-state index is -0.222. The Bertz CT molecular complexity index is 634. The van der Waals surface area contributed by atoms with Gasteiger partial charge in [0.25, 0.3) is 0 Å². The van der Waals surface area contributed by atoms with E-state index in [1.54, 1.807) is 19.2 Å². The van der Waals surface area contributed by atoms with E-state index in [1.165, 1.54) is 19.6 Å². The molecule has 0 saturated heterocycles. The van der Waals surface area contributed by atoms with Crippen molar-refractivity contribution >= 4 is 11.7 Å². The third-order valence-electron chi connectivity index (χ3n) is 2.80. The van der Waals surface area contributed by atoms with Crippen LogP contribution in [0.3, 0.4) is 0 Å². The maximum Gasteiger partial charge on any atom is 0.229 e. The average molecular weight is 303 g/mol. The van der Waals surface area contributed by atoms with Crippen LogP contribution < -0.4 is 19.5 Å². The summed E-state index contributed by atoms with van der Waals surface area (Å²) in [5, 5.41) is 2.65. The highest BCUT2D eigenvalue weighted by Gasteiger charge is 2.09. The first-order valence-corrected chi connectivity index (χ1v) is 6.63. The molecule has 0 aliphatic carbocycles. The summed E-state index contributed by atoms with van der Waals surface area (Å²) in [6.45, 7) is 0.242. The minimum Gasteiger partial charge on any atom is -0.497 e. The molecule has 0 fully saturated rings. The fraction of sp³-hybridized carbons (Fsp3) is 0.267. The summed E-state index contributed by atoms with van der Waals surface area (Å²) >= 11 is 0. The second-order valence-corrected chi connectivity index (χ2v) is 4.27. The molecule has 1 aromatic carbocycles. The molecule has 0 aliphatic heterocycles. The molecule has 116 valence electrons. The number of carbonyl (C=O) groups excluding carboxylic acids is 1. The molecular weight excluding hydrogens is 286 g/mol. The Hall–Kier alpha value is -2.83. The SMILES string of the molecule is COc1cccc(OCCC(=O)Nc2ncncc2OC)c1. The molecule has 2 rings (SSSR count). The third kappa shape index (κ3) is 4.34. The van der Waals surface area contributed by atoms with Gasteiger partial charge >= 0.3 is 0 Å². The van der Waals surface area contributed by atoms with Crippen LogP contribution >= 0.6 is 0 Å². The largest absolute Gasteiger partial charge is 0.497 e. The number of hydrogen-bond donors (Lipinski definition) is 1. The summed E-state index contributed by atoms with van der Waals surface area (Å²) in [5.41, 5.74) is 0. The van der Waals surface area contributed by atoms with Crippen molar-refractivity contribution < 1.29 is 19.0 Å². The monoisotopic (exact) mass is 303 g/mol. The quantitative estimate of drug-likeness (QED) is 0.841. The van der Waals surface area contributed by atoms with Gasteiger partial charge in [-0.05, 0) is 12.1 Å². The molecule has 0 saturated carbocycles. The van der Waals surface area contributed by atoms with E-state index in [9.17, 15) is 4.79 Å². The molecule has 0 radical (unpaired) electrons. The highest BCUT2D eigenvalue weighted by Crippen LogP contribution is 2.20. The van der Waals surface area contributed by atoms with Gasteiger partial charge in [-0.3, -0.25) is 4.79 Å². The topological polar surface area (TPSA) is 82.6 Å². The number of ether oxygens (including phenoxy) is 3. The van der Waals surface area contributed by atoms with Crippen LogP contribution in [0.15, 0.2) is 36.8 Å². The first kappa shape index (κ1) is 15.6. The van der Waals surface area contributed by atoms with Gasteiger partial charge in [-0.1, -0.05) is 6.07 Å². The van der Waals surface area contributed by atoms with E-state index in [2.05, 4.69) is 15.3 Å². The lowest BCUT2D eigenvalue weighted by atomic mass is 10.3. The predicted molar refractivity (Wildman–Crippen MR) is 80.3 cm³/mol. The number of nitrogens with zero attached hydrogens (tertiary/aromatic N) is 2. The Kier molecular flexibility index (Phi) is 5.53. The molecule has 0 aliphatic rings. The lowest BCUT2D eigenvalue weighted by Crippen LogP contribution is -2.16. The van der Waals surface area contributed by atoms with Crippen LogP contribution in [0.2, 0.25) is 0 Å². The highest BCUT2D eigenvalue weighted by atomic mass is 16.5. The first-order valence-electron chi connectivity index (χ1n) is 6.63. The van der Waals surface area contributed by atoms with E-state index in [-0.39, 0.29) is 18.9 Å². The minimum absolute atomic E-state index is 0.185. The van der Waals surface area contributed by atoms with Crippen LogP contribution in [-0.4, -0.2) is 36.7 Å². The number of nitrogens with one attached hydrogen (secondary N) is 1. The Morgan fingerprint density at radius 2 is 2.05 bits per heavy atom. The van der Waals surface area contributed by atoms with E-state index in [0.717, 1.165) is 0 Å². The van der Waals surface area contributed by atoms with Crippen LogP contribution in [0.4, 0.5) is 5.82 Å². The summed E-state index contributed by atoms with van der Waals surface area (Å²) in [6.07, 6.45) is 3.00. The molecule has 1 amide bonds. The van der Waals surface area contributed by atoms with Crippen molar-refractivity contribution in [1.82, 2.24) is 9.97 Å². The maximum absolute atomic E-state index is 11.9. The summed E-state index contributed by atoms with van der Waals surface area (Å²) in [4.78, 5) is 19.6. The molecule has 22 heavy (non-hydrogen) atoms. The molecule has 0 spiro atoms. The van der Waals surface area contributed by atoms with Crippen molar-refractivity contribution in [3.05, 3.63) is 36.8 Å². The predicted octanol–water partition coefficient (Wildman–Crippen LogP) is 1.90. The van der Waals surface area contributed by atoms with Gasteiger partial charge in [0.05, 0.1) is 33.4 Å². The van der Waals surface area contributed by atoms with E-state index in [4.69, 9.17) is 14.2 Å². The Labute approximate surface area is 128 Å². The fourth-order valence-corrected chi connectivity index (χ4v) is 1.71. The summed E-state index contributed by atoms with van der Waals surface area (Å²) in [5.74, 6) is 1.87. The number of anilines is 1. The molecule has 0 unspecified atom stereocenters. The van der Waals surface area contributed by atoms with Crippen molar-refractivity contribution in [3.63, 3.8) is 0 Å². The Morgan fingerprint density at radius 3 is 2.82 bits per heavy atom. The second-order valence-electron chi connectivity index (χ2n) is 4.27. The maximum atomic E-state index is 11.9. The second kappa shape index (κ2) is 7.82. The van der Waals surface area contributed by atoms with E-state index in [1.807, 2.05) is 12.1 Å². The van der Waals surface area contributed by atoms with Crippen LogP contribution in [-0.2, 0) is 4.79 Å². The van der Waals surface area contributed by atoms with Gasteiger partial charge in [-0.15, -0.1) is 0 Å². The molecule has 2 aromatic rings. The Balaban J connectivity index is 1.82. The van der Waals surface area contributed by atoms with Crippen molar-refractivity contribution in [2.45, 2.75) is 6.42 Å². The number of amides is 1. The number of methoxy groups -OCH3 is 2. The number of aromatic nitrogens is 2. The smallest absolute Gasteiger partial charge is 0.229 e. The zero-order valence-electron chi connectivity index (χ0n) is 12.4. The molecule has 7 heteroatoms. The number of carbonyl (C=O) groups is 1. The lowest BCUT2D eigenvalue weighted by molar-refractivity contribution is -0.116. The Morgan fingerprint density at radius 1 is 1.23 bits per heavy atom. The molecular formula is C15H17N3O4. The van der Waals surface area contributed by atoms with Crippen LogP contribution in [0.1, 0.15) is 6.42 Å². The van der Waals surface area contributed by atoms with Crippen molar-refractivity contribution in [3.8, 4) is 17.2 Å². The van der Waals surface area contributed by atoms with Gasteiger partial charge in [0.1, 0.15) is 17.8 Å². The van der Waals surface area contributed by atoms with Gasteiger partial charge in [0, 0.05) is 6.07 Å². The normalized spacial score (nSPS) is 9.91. The molecule has 7 nitrogen and oxygen atoms in total. The van der Waals surface area contributed by atoms with Gasteiger partial charge < -0.3 is 19.5 Å². The zero-order valence-corrected chi connectivity index (χ0v) is 12.4. The van der Waals surface area contributed by atoms with Crippen molar-refractivity contribution in [2.24, 2.45) is 0 Å². The van der Waals surface area contributed by atoms with Gasteiger partial charge in [-0.2, -0.15) is 0 Å². The summed E-state index contributed by atoms with van der Waals surface area (Å²) in [6, 6.07) is 7.19. The zero-order chi connectivity index (χ0) is 15.8. The van der Waals surface area contributed by atoms with E-state index in [0.29, 0.717) is 23.1 Å². The van der Waals surface area contributed by atoms with E-state index >= 15 is 0 Å². The first-order chi connectivity index (χ1) is 10.7. The number of rotatable bonds is 7. The van der Waals surface area contributed by atoms with Crippen LogP contribution in [0.25, 0.3) is 0 Å².